The van der Waals surface area contributed by atoms with E-state index in [4.69, 9.17) is 57.4 Å². The van der Waals surface area contributed by atoms with Crippen molar-refractivity contribution in [2.45, 2.75) is 164 Å². The quantitative estimate of drug-likeness (QED) is 0.0297. The van der Waals surface area contributed by atoms with Gasteiger partial charge in [0.2, 0.25) is 41.6 Å². The molecule has 0 unspecified atom stereocenters. The Morgan fingerprint density at radius 1 is 0.633 bits per heavy atom. The van der Waals surface area contributed by atoms with E-state index in [9.17, 15) is 55.2 Å². The molecule has 14 atom stereocenters. The highest BCUT2D eigenvalue weighted by Gasteiger charge is 2.51. The van der Waals surface area contributed by atoms with Crippen LogP contribution in [-0.4, -0.2) is 184 Å². The summed E-state index contributed by atoms with van der Waals surface area (Å²) in [5.41, 5.74) is 4.53. The molecular formula is C86H101Cl2N9O23. The Balaban J connectivity index is 0.980. The van der Waals surface area contributed by atoms with Gasteiger partial charge in [0.1, 0.15) is 103 Å². The maximum atomic E-state index is 16.6. The fraction of sp³-hybridized carbons (Fsp3) is 0.477. The highest BCUT2D eigenvalue weighted by Crippen LogP contribution is 2.58. The van der Waals surface area contributed by atoms with Gasteiger partial charge in [0.25, 0.3) is 0 Å². The van der Waals surface area contributed by atoms with E-state index in [-0.39, 0.29) is 122 Å². The molecule has 16 rings (SSSR count). The zero-order valence-corrected chi connectivity index (χ0v) is 68.1. The summed E-state index contributed by atoms with van der Waals surface area (Å²) in [4.78, 5) is 139. The second kappa shape index (κ2) is 37.8. The molecule has 0 radical (unpaired) electrons. The topological polar surface area (TPSA) is 493 Å². The summed E-state index contributed by atoms with van der Waals surface area (Å²) >= 11 is 14.4. The van der Waals surface area contributed by atoms with Crippen molar-refractivity contribution in [3.05, 3.63) is 135 Å². The molecule has 1 saturated heterocycles. The van der Waals surface area contributed by atoms with Crippen molar-refractivity contribution < 1.29 is 112 Å². The van der Waals surface area contributed by atoms with Crippen molar-refractivity contribution in [2.24, 2.45) is 53.1 Å². The number of phenols is 3. The number of ether oxygens (including phenoxy) is 6. The minimum absolute atomic E-state index is 0.0466. The van der Waals surface area contributed by atoms with Crippen LogP contribution < -0.4 is 72.0 Å². The predicted octanol–water partition coefficient (Wildman–Crippen LogP) is 7.26. The highest BCUT2D eigenvalue weighted by molar-refractivity contribution is 6.32. The minimum atomic E-state index is -2.23. The Morgan fingerprint density at radius 3 is 1.88 bits per heavy atom. The average Bonchev–Trinajstić information content (AvgIpc) is 0.757. The Kier molecular flexibility index (Phi) is 27.6. The van der Waals surface area contributed by atoms with E-state index in [1.165, 1.54) is 66.7 Å². The Labute approximate surface area is 701 Å². The van der Waals surface area contributed by atoms with Crippen molar-refractivity contribution in [1.82, 2.24) is 37.2 Å². The maximum Gasteiger partial charge on any atom is 0.325 e. The molecule has 5 fully saturated rings. The van der Waals surface area contributed by atoms with Gasteiger partial charge in [-0.3, -0.25) is 43.7 Å². The lowest BCUT2D eigenvalue weighted by atomic mass is 9.51. The van der Waals surface area contributed by atoms with E-state index in [2.05, 4.69) is 42.5 Å². The van der Waals surface area contributed by atoms with E-state index in [0.29, 0.717) is 37.1 Å². The lowest BCUT2D eigenvalue weighted by Gasteiger charge is -2.54. The number of benzene rings is 6. The SMILES string of the molecule is CC[C@H](CC(C)C)C(=O)N[C@H]1C(=O)C[C@@H](CC(=O)NC(=O)Nc2ccc(OCCNC)c(OCCNC)c2)C(=O)N[C@H]2C(=O)C[C@H]3C(=O)N[C@H](C(=O)N[C@H](C(=O)CC4C5CC6CC(C5)CC4C6)c4cc(O)cc(O)c4-c4cc3ccc4O)[C@H](O)c3ccc(c(Cl)c3)Oc3cc2cc(c3O[C@@H]2O[C@H](CN)[C@@H](O)[C@H](O)[C@H]2O)Oc2ccc(cc2Cl)[C@H]1O. The first kappa shape index (κ1) is 87.6. The highest BCUT2D eigenvalue weighted by atomic mass is 35.5. The third-order valence-corrected chi connectivity index (χ3v) is 24.5. The molecule has 0 aromatic heterocycles. The van der Waals surface area contributed by atoms with Gasteiger partial charge in [-0.1, -0.05) is 62.2 Å². The number of rotatable bonds is 22. The third kappa shape index (κ3) is 19.4. The number of carbonyl (C=O) groups excluding carboxylic acids is 9. The van der Waals surface area contributed by atoms with Gasteiger partial charge in [-0.05, 0) is 189 Å². The van der Waals surface area contributed by atoms with Gasteiger partial charge >= 0.3 is 6.03 Å². The molecule has 10 aliphatic rings. The van der Waals surface area contributed by atoms with Gasteiger partial charge < -0.3 is 112 Å². The summed E-state index contributed by atoms with van der Waals surface area (Å²) in [6, 6.07) is 10.4. The van der Waals surface area contributed by atoms with Crippen LogP contribution in [0.2, 0.25) is 10.0 Å². The number of aliphatic hydroxyl groups excluding tert-OH is 5. The van der Waals surface area contributed by atoms with Crippen LogP contribution in [0.1, 0.15) is 149 Å². The number of hydrogen-bond acceptors (Lipinski definition) is 26. The van der Waals surface area contributed by atoms with E-state index in [0.717, 1.165) is 62.4 Å². The standard InChI is InChI=1S/C86H101Cl2N9O23/c1-6-41(19-38(2)3)81(110)96-73-59(101)28-48(31-69(104)93-86(114)92-49-10-14-64(115-17-15-90-4)65(32-49)116-18-16-91-5)82(111)94-71-47-29-66(117-62-12-8-43(75(73)105)26-55(62)87)80(120-85-79(109)78(108)77(107)68(37-89)119-85)67(30-47)118-63-13-9-44(27-56(63)88)76(106)74-84(113)95-72(61(103)35-51-45-21-39-20-40(23-45)24-46(51)22-39)54-33-50(98)34-58(100)70(54)53-25-42(7-11-57(53)99)52(36-60(71)102)83(112)97-74/h7-14,25-27,29-30,32-34,38-41,45-46,48,51-52,68,71-79,85,90-91,98-100,105-109H,6,15-24,28,31,35-37,89H2,1-5H3,(H,94,111)(H,95,113)(H,96,110)(H,97,112)(H2,92,93,104,114)/t39?,40?,41-,45?,46?,48+,51?,52-,68-,71-,72+,73+,74+,75-,76-,77-,78+,79-,85+/m1/s1. The second-order valence-electron chi connectivity index (χ2n) is 32.6. The van der Waals surface area contributed by atoms with Crippen molar-refractivity contribution in [1.29, 1.82) is 0 Å². The second-order valence-corrected chi connectivity index (χ2v) is 33.4. The zero-order valence-electron chi connectivity index (χ0n) is 66.6. The molecular weight excluding hydrogens is 1600 g/mol. The Hall–Kier alpha value is -10.2. The first-order valence-corrected chi connectivity index (χ1v) is 41.2. The zero-order chi connectivity index (χ0) is 85.8. The number of aromatic hydroxyl groups is 3. The molecule has 34 heteroatoms. The molecule has 4 aliphatic carbocycles. The molecule has 642 valence electrons. The van der Waals surface area contributed by atoms with Gasteiger partial charge in [0, 0.05) is 80.2 Å². The first-order valence-electron chi connectivity index (χ1n) is 40.4. The number of amides is 7. The summed E-state index contributed by atoms with van der Waals surface area (Å²) in [5.74, 6) is -15.5. The van der Waals surface area contributed by atoms with Crippen LogP contribution in [0.4, 0.5) is 10.5 Å². The smallest absolute Gasteiger partial charge is 0.325 e. The summed E-state index contributed by atoms with van der Waals surface area (Å²) in [5, 5.41) is 116. The van der Waals surface area contributed by atoms with E-state index < -0.39 is 198 Å². The lowest BCUT2D eigenvalue weighted by Crippen LogP contribution is -2.60. The number of hydrogen-bond donors (Lipinski definition) is 17. The summed E-state index contributed by atoms with van der Waals surface area (Å²) in [6.07, 6.45) is -11.4. The van der Waals surface area contributed by atoms with Gasteiger partial charge in [-0.25, -0.2) is 4.79 Å². The number of nitrogens with one attached hydrogen (secondary N) is 8. The van der Waals surface area contributed by atoms with Crippen LogP contribution in [0.25, 0.3) is 11.1 Å². The van der Waals surface area contributed by atoms with E-state index in [1.807, 2.05) is 13.8 Å². The van der Waals surface area contributed by atoms with Crippen LogP contribution in [0.5, 0.6) is 57.5 Å². The molecule has 0 spiro atoms. The number of likely N-dealkylation sites (N-methyl/N-ethyl adjacent to an activating group) is 2. The number of urea groups is 1. The van der Waals surface area contributed by atoms with Crippen molar-refractivity contribution in [3.63, 3.8) is 0 Å². The normalized spacial score (nSPS) is 27.3. The Bertz CT molecular complexity index is 4870. The molecule has 4 saturated carbocycles. The molecule has 32 nitrogen and oxygen atoms in total. The van der Waals surface area contributed by atoms with Crippen LogP contribution in [-0.2, 0) is 43.1 Å². The van der Waals surface area contributed by atoms with E-state index >= 15 is 28.8 Å². The molecule has 6 aromatic rings. The monoisotopic (exact) mass is 1700 g/mol. The maximum absolute atomic E-state index is 16.6. The summed E-state index contributed by atoms with van der Waals surface area (Å²) in [6.45, 7) is 6.35. The number of nitrogens with two attached hydrogens (primary N) is 1. The van der Waals surface area contributed by atoms with Gasteiger partial charge in [-0.2, -0.15) is 0 Å². The molecule has 120 heavy (non-hydrogen) atoms. The van der Waals surface area contributed by atoms with Crippen molar-refractivity contribution in [3.8, 4) is 68.6 Å². The number of fused-ring (bicyclic) bond motifs is 15. The Morgan fingerprint density at radius 2 is 1.27 bits per heavy atom. The number of aliphatic hydroxyl groups is 5. The van der Waals surface area contributed by atoms with Gasteiger partial charge in [0.15, 0.2) is 40.3 Å². The number of ketones is 3. The molecule has 6 aliphatic heterocycles. The summed E-state index contributed by atoms with van der Waals surface area (Å²) in [7, 11) is 3.46. The number of phenolic OH excluding ortho intramolecular Hbond substituents is 3. The first-order chi connectivity index (χ1) is 57.4. The van der Waals surface area contributed by atoms with Gasteiger partial charge in [0.05, 0.1) is 21.9 Å². The van der Waals surface area contributed by atoms with Crippen LogP contribution in [0, 0.1) is 47.3 Å². The van der Waals surface area contributed by atoms with Gasteiger partial charge in [-0.15, -0.1) is 0 Å². The molecule has 6 heterocycles. The van der Waals surface area contributed by atoms with Crippen molar-refractivity contribution >= 4 is 81.8 Å². The minimum Gasteiger partial charge on any atom is -0.508 e. The number of anilines is 1. The summed E-state index contributed by atoms with van der Waals surface area (Å²) < 4.78 is 37.7. The largest absolute Gasteiger partial charge is 0.508 e. The van der Waals surface area contributed by atoms with E-state index in [1.54, 1.807) is 21.0 Å². The predicted molar refractivity (Wildman–Crippen MR) is 434 cm³/mol. The third-order valence-electron chi connectivity index (χ3n) is 23.9. The van der Waals surface area contributed by atoms with Crippen molar-refractivity contribution in [2.75, 3.05) is 52.3 Å². The van der Waals surface area contributed by atoms with Crippen LogP contribution in [0.3, 0.4) is 0 Å². The number of carbonyl (C=O) groups is 9. The van der Waals surface area contributed by atoms with Crippen LogP contribution in [0.15, 0.2) is 97.1 Å². The lowest BCUT2D eigenvalue weighted by molar-refractivity contribution is -0.270. The molecule has 15 bridgehead atoms. The molecule has 6 aromatic carbocycles. The molecule has 7 amide bonds. The van der Waals surface area contributed by atoms with Crippen LogP contribution >= 0.6 is 23.2 Å². The average molecular weight is 1700 g/mol. The fourth-order valence-electron chi connectivity index (χ4n) is 18.0. The molecule has 18 N–H and O–H groups in total. The number of Topliss-reactive ketones (excluding diaryl/α,β-unsaturated/α-hetero) is 3. The number of imide groups is 1. The fourth-order valence-corrected chi connectivity index (χ4v) is 18.4. The number of halogens is 2.